The summed E-state index contributed by atoms with van der Waals surface area (Å²) in [7, 11) is -3.81. The van der Waals surface area contributed by atoms with Crippen molar-refractivity contribution in [2.75, 3.05) is 23.7 Å². The molecule has 3 aromatic carbocycles. The summed E-state index contributed by atoms with van der Waals surface area (Å²) in [5.41, 5.74) is 2.04. The first-order valence-electron chi connectivity index (χ1n) is 11.7. The zero-order valence-corrected chi connectivity index (χ0v) is 24.6. The fraction of sp³-hybridized carbons (Fsp3) is 0.259. The molecule has 0 unspecified atom stereocenters. The minimum atomic E-state index is -3.81. The Bertz CT molecular complexity index is 1320. The van der Waals surface area contributed by atoms with E-state index in [1.54, 1.807) is 24.3 Å². The van der Waals surface area contributed by atoms with Gasteiger partial charge in [-0.15, -0.1) is 0 Å². The van der Waals surface area contributed by atoms with Crippen LogP contribution in [-0.4, -0.2) is 50.5 Å². The maximum atomic E-state index is 13.9. The van der Waals surface area contributed by atoms with Gasteiger partial charge in [-0.05, 0) is 58.2 Å². The van der Waals surface area contributed by atoms with E-state index in [4.69, 9.17) is 0 Å². The van der Waals surface area contributed by atoms with Gasteiger partial charge in [-0.1, -0.05) is 70.5 Å². The number of anilines is 1. The standard InChI is InChI=1S/C27H29Br2N3O4S/c1-3-30-27(34)25(17-20-9-5-4-6-10-20)31(18-21-13-15-22(28)16-14-21)26(33)19-32(37(2,35)36)24-12-8-7-11-23(24)29/h4-16,25H,3,17-19H2,1-2H3,(H,30,34)/t25-/m1/s1. The Morgan fingerprint density at radius 2 is 1.51 bits per heavy atom. The van der Waals surface area contributed by atoms with E-state index in [1.807, 2.05) is 61.5 Å². The lowest BCUT2D eigenvalue weighted by atomic mass is 10.0. The molecule has 0 aliphatic carbocycles. The topological polar surface area (TPSA) is 86.8 Å². The monoisotopic (exact) mass is 649 g/mol. The van der Waals surface area contributed by atoms with Gasteiger partial charge in [0.15, 0.2) is 0 Å². The van der Waals surface area contributed by atoms with Gasteiger partial charge in [0.2, 0.25) is 21.8 Å². The molecule has 0 radical (unpaired) electrons. The van der Waals surface area contributed by atoms with Crippen LogP contribution in [0, 0.1) is 0 Å². The summed E-state index contributed by atoms with van der Waals surface area (Å²) in [6.45, 7) is 1.89. The molecule has 37 heavy (non-hydrogen) atoms. The molecule has 1 N–H and O–H groups in total. The second-order valence-corrected chi connectivity index (χ2v) is 12.1. The molecule has 0 aliphatic rings. The number of likely N-dealkylation sites (N-methyl/N-ethyl adjacent to an activating group) is 1. The van der Waals surface area contributed by atoms with Gasteiger partial charge in [0.05, 0.1) is 11.9 Å². The van der Waals surface area contributed by atoms with Gasteiger partial charge in [0.25, 0.3) is 0 Å². The number of nitrogens with one attached hydrogen (secondary N) is 1. The van der Waals surface area contributed by atoms with Crippen LogP contribution < -0.4 is 9.62 Å². The molecule has 0 heterocycles. The van der Waals surface area contributed by atoms with Crippen LogP contribution in [-0.2, 0) is 32.6 Å². The summed E-state index contributed by atoms with van der Waals surface area (Å²) in [6, 6.07) is 22.9. The summed E-state index contributed by atoms with van der Waals surface area (Å²) in [5, 5.41) is 2.84. The Hall–Kier alpha value is -2.69. The molecule has 0 fully saturated rings. The van der Waals surface area contributed by atoms with Gasteiger partial charge < -0.3 is 10.2 Å². The quantitative estimate of drug-likeness (QED) is 0.325. The Kier molecular flexibility index (Phi) is 10.3. The van der Waals surface area contributed by atoms with Crippen molar-refractivity contribution < 1.29 is 18.0 Å². The third kappa shape index (κ3) is 8.15. The summed E-state index contributed by atoms with van der Waals surface area (Å²) in [6.07, 6.45) is 1.34. The van der Waals surface area contributed by atoms with E-state index in [0.29, 0.717) is 16.7 Å². The SMILES string of the molecule is CCNC(=O)[C@@H](Cc1ccccc1)N(Cc1ccc(Br)cc1)C(=O)CN(c1ccccc1Br)S(C)(=O)=O. The number of halogens is 2. The Balaban J connectivity index is 2.04. The number of sulfonamides is 1. The molecule has 0 aliphatic heterocycles. The van der Waals surface area contributed by atoms with Crippen molar-refractivity contribution in [1.29, 1.82) is 0 Å². The van der Waals surface area contributed by atoms with Crippen LogP contribution in [0.25, 0.3) is 0 Å². The summed E-state index contributed by atoms with van der Waals surface area (Å²) < 4.78 is 28.1. The second kappa shape index (κ2) is 13.2. The predicted octanol–water partition coefficient (Wildman–Crippen LogP) is 4.75. The van der Waals surface area contributed by atoms with Crippen molar-refractivity contribution in [1.82, 2.24) is 10.2 Å². The maximum absolute atomic E-state index is 13.9. The lowest BCUT2D eigenvalue weighted by Gasteiger charge is -2.33. The van der Waals surface area contributed by atoms with Crippen molar-refractivity contribution in [2.45, 2.75) is 25.9 Å². The average molecular weight is 651 g/mol. The van der Waals surface area contributed by atoms with Crippen LogP contribution in [0.4, 0.5) is 5.69 Å². The van der Waals surface area contributed by atoms with Gasteiger partial charge >= 0.3 is 0 Å². The minimum Gasteiger partial charge on any atom is -0.355 e. The van der Waals surface area contributed by atoms with E-state index in [0.717, 1.165) is 26.2 Å². The van der Waals surface area contributed by atoms with Gasteiger partial charge in [-0.25, -0.2) is 8.42 Å². The largest absolute Gasteiger partial charge is 0.355 e. The second-order valence-electron chi connectivity index (χ2n) is 8.47. The van der Waals surface area contributed by atoms with Crippen molar-refractivity contribution in [3.8, 4) is 0 Å². The maximum Gasteiger partial charge on any atom is 0.244 e. The van der Waals surface area contributed by atoms with Crippen molar-refractivity contribution in [2.24, 2.45) is 0 Å². The van der Waals surface area contributed by atoms with E-state index < -0.39 is 28.5 Å². The number of rotatable bonds is 11. The third-order valence-corrected chi connectivity index (χ3v) is 8.01. The Morgan fingerprint density at radius 3 is 2.11 bits per heavy atom. The van der Waals surface area contributed by atoms with Crippen molar-refractivity contribution in [3.63, 3.8) is 0 Å². The molecule has 3 aromatic rings. The highest BCUT2D eigenvalue weighted by Gasteiger charge is 2.33. The fourth-order valence-electron chi connectivity index (χ4n) is 3.88. The van der Waals surface area contributed by atoms with Crippen LogP contribution >= 0.6 is 31.9 Å². The molecule has 1 atom stereocenters. The van der Waals surface area contributed by atoms with E-state index in [9.17, 15) is 18.0 Å². The number of amides is 2. The van der Waals surface area contributed by atoms with E-state index in [-0.39, 0.29) is 18.9 Å². The number of hydrogen-bond donors (Lipinski definition) is 1. The van der Waals surface area contributed by atoms with Gasteiger partial charge in [-0.3, -0.25) is 13.9 Å². The summed E-state index contributed by atoms with van der Waals surface area (Å²) in [5.74, 6) is -0.792. The van der Waals surface area contributed by atoms with Crippen LogP contribution in [0.1, 0.15) is 18.1 Å². The third-order valence-electron chi connectivity index (χ3n) is 5.69. The lowest BCUT2D eigenvalue weighted by Crippen LogP contribution is -2.53. The molecule has 0 aromatic heterocycles. The molecule has 2 amide bonds. The first kappa shape index (κ1) is 28.9. The molecule has 196 valence electrons. The molecule has 0 bridgehead atoms. The van der Waals surface area contributed by atoms with E-state index in [1.165, 1.54) is 4.90 Å². The molecule has 0 saturated carbocycles. The van der Waals surface area contributed by atoms with Gasteiger partial charge in [-0.2, -0.15) is 0 Å². The van der Waals surface area contributed by atoms with Crippen LogP contribution in [0.15, 0.2) is 87.8 Å². The van der Waals surface area contributed by atoms with Crippen molar-refractivity contribution in [3.05, 3.63) is 98.9 Å². The lowest BCUT2D eigenvalue weighted by molar-refractivity contribution is -0.140. The zero-order valence-electron chi connectivity index (χ0n) is 20.6. The molecule has 10 heteroatoms. The van der Waals surface area contributed by atoms with E-state index in [2.05, 4.69) is 37.2 Å². The average Bonchev–Trinajstić information content (AvgIpc) is 2.86. The highest BCUT2D eigenvalue weighted by molar-refractivity contribution is 9.10. The van der Waals surface area contributed by atoms with E-state index >= 15 is 0 Å². The highest BCUT2D eigenvalue weighted by Crippen LogP contribution is 2.28. The smallest absolute Gasteiger partial charge is 0.244 e. The Morgan fingerprint density at radius 1 is 0.892 bits per heavy atom. The molecule has 0 spiro atoms. The summed E-state index contributed by atoms with van der Waals surface area (Å²) >= 11 is 6.82. The highest BCUT2D eigenvalue weighted by atomic mass is 79.9. The Labute approximate surface area is 235 Å². The van der Waals surface area contributed by atoms with Crippen LogP contribution in [0.5, 0.6) is 0 Å². The fourth-order valence-corrected chi connectivity index (χ4v) is 5.62. The summed E-state index contributed by atoms with van der Waals surface area (Å²) in [4.78, 5) is 28.7. The molecular weight excluding hydrogens is 622 g/mol. The number of benzene rings is 3. The zero-order chi connectivity index (χ0) is 27.0. The molecular formula is C27H29Br2N3O4S. The molecule has 7 nitrogen and oxygen atoms in total. The first-order chi connectivity index (χ1) is 17.6. The van der Waals surface area contributed by atoms with Crippen LogP contribution in [0.3, 0.4) is 0 Å². The first-order valence-corrected chi connectivity index (χ1v) is 15.1. The number of carbonyl (C=O) groups is 2. The predicted molar refractivity (Wildman–Crippen MR) is 154 cm³/mol. The number of nitrogens with zero attached hydrogens (tertiary/aromatic N) is 2. The van der Waals surface area contributed by atoms with Crippen molar-refractivity contribution >= 4 is 59.4 Å². The number of para-hydroxylation sites is 1. The van der Waals surface area contributed by atoms with Gasteiger partial charge in [0, 0.05) is 28.5 Å². The number of carbonyl (C=O) groups excluding carboxylic acids is 2. The van der Waals surface area contributed by atoms with Crippen LogP contribution in [0.2, 0.25) is 0 Å². The van der Waals surface area contributed by atoms with Gasteiger partial charge in [0.1, 0.15) is 12.6 Å². The minimum absolute atomic E-state index is 0.133. The number of hydrogen-bond acceptors (Lipinski definition) is 4. The normalized spacial score (nSPS) is 12.0. The molecule has 3 rings (SSSR count). The molecule has 0 saturated heterocycles.